The average Bonchev–Trinajstić information content (AvgIpc) is 2.25. The van der Waals surface area contributed by atoms with E-state index in [9.17, 15) is 9.90 Å². The fraction of sp³-hybridized carbons (Fsp3) is 0.917. The molecule has 1 fully saturated rings. The molecule has 1 saturated carbocycles. The summed E-state index contributed by atoms with van der Waals surface area (Å²) in [6.45, 7) is 6.80. The third-order valence-electron chi connectivity index (χ3n) is 3.83. The Morgan fingerprint density at radius 2 is 2.12 bits per heavy atom. The van der Waals surface area contributed by atoms with Crippen LogP contribution in [0.4, 0.5) is 4.79 Å². The van der Waals surface area contributed by atoms with Crippen LogP contribution in [0, 0.1) is 5.41 Å². The van der Waals surface area contributed by atoms with E-state index >= 15 is 0 Å². The molecule has 5 nitrogen and oxygen atoms in total. The monoisotopic (exact) mass is 244 g/mol. The summed E-state index contributed by atoms with van der Waals surface area (Å²) >= 11 is 0. The molecule has 0 heterocycles. The van der Waals surface area contributed by atoms with Gasteiger partial charge in [-0.2, -0.15) is 0 Å². The number of aliphatic hydroxyl groups is 1. The lowest BCUT2D eigenvalue weighted by Gasteiger charge is -2.57. The summed E-state index contributed by atoms with van der Waals surface area (Å²) in [5, 5.41) is 13.2. The highest BCUT2D eigenvalue weighted by Gasteiger charge is 2.59. The second-order valence-electron chi connectivity index (χ2n) is 5.45. The van der Waals surface area contributed by atoms with Gasteiger partial charge in [-0.1, -0.05) is 13.8 Å². The molecule has 0 aliphatic heterocycles. The van der Waals surface area contributed by atoms with Crippen molar-refractivity contribution in [3.05, 3.63) is 0 Å². The first kappa shape index (κ1) is 14.3. The molecule has 1 rings (SSSR count). The second kappa shape index (κ2) is 4.82. The van der Waals surface area contributed by atoms with E-state index in [-0.39, 0.29) is 24.1 Å². The average molecular weight is 244 g/mol. The third kappa shape index (κ3) is 2.55. The van der Waals surface area contributed by atoms with Gasteiger partial charge in [0.05, 0.1) is 11.7 Å². The lowest BCUT2D eigenvalue weighted by Crippen LogP contribution is -2.69. The first-order valence-electron chi connectivity index (χ1n) is 6.03. The predicted molar refractivity (Wildman–Crippen MR) is 65.8 cm³/mol. The fourth-order valence-corrected chi connectivity index (χ4v) is 2.14. The van der Waals surface area contributed by atoms with Crippen molar-refractivity contribution >= 4 is 6.03 Å². The van der Waals surface area contributed by atoms with Crippen LogP contribution in [0.5, 0.6) is 0 Å². The number of hydrogen-bond donors (Lipinski definition) is 2. The van der Waals surface area contributed by atoms with Crippen LogP contribution in [0.15, 0.2) is 0 Å². The van der Waals surface area contributed by atoms with Gasteiger partial charge in [-0.15, -0.1) is 0 Å². The molecular weight excluding hydrogens is 220 g/mol. The Morgan fingerprint density at radius 3 is 2.53 bits per heavy atom. The SMILES string of the molecule is CCOC1CC(O)(CNC(=O)N(C)C)C1(C)C. The van der Waals surface area contributed by atoms with Gasteiger partial charge in [0.1, 0.15) is 0 Å². The Morgan fingerprint density at radius 1 is 1.53 bits per heavy atom. The van der Waals surface area contributed by atoms with Gasteiger partial charge in [0.2, 0.25) is 0 Å². The molecule has 0 saturated heterocycles. The maximum absolute atomic E-state index is 11.4. The molecule has 0 aromatic heterocycles. The fourth-order valence-electron chi connectivity index (χ4n) is 2.14. The van der Waals surface area contributed by atoms with Gasteiger partial charge in [-0.3, -0.25) is 0 Å². The van der Waals surface area contributed by atoms with Crippen molar-refractivity contribution < 1.29 is 14.6 Å². The van der Waals surface area contributed by atoms with Crippen LogP contribution >= 0.6 is 0 Å². The number of carbonyl (C=O) groups excluding carboxylic acids is 1. The van der Waals surface area contributed by atoms with Crippen molar-refractivity contribution in [2.24, 2.45) is 5.41 Å². The highest BCUT2D eigenvalue weighted by Crippen LogP contribution is 2.50. The number of nitrogens with one attached hydrogen (secondary N) is 1. The lowest BCUT2D eigenvalue weighted by atomic mass is 9.56. The van der Waals surface area contributed by atoms with E-state index in [0.29, 0.717) is 13.0 Å². The van der Waals surface area contributed by atoms with E-state index in [1.54, 1.807) is 14.1 Å². The molecule has 0 spiro atoms. The number of ether oxygens (including phenoxy) is 1. The summed E-state index contributed by atoms with van der Waals surface area (Å²) in [4.78, 5) is 12.9. The lowest BCUT2D eigenvalue weighted by molar-refractivity contribution is -0.237. The quantitative estimate of drug-likeness (QED) is 0.770. The van der Waals surface area contributed by atoms with Crippen LogP contribution in [0.2, 0.25) is 0 Å². The largest absolute Gasteiger partial charge is 0.387 e. The summed E-state index contributed by atoms with van der Waals surface area (Å²) < 4.78 is 5.56. The third-order valence-corrected chi connectivity index (χ3v) is 3.83. The number of nitrogens with zero attached hydrogens (tertiary/aromatic N) is 1. The van der Waals surface area contributed by atoms with Gasteiger partial charge in [-0.05, 0) is 6.92 Å². The minimum absolute atomic E-state index is 0.0637. The van der Waals surface area contributed by atoms with Crippen LogP contribution in [-0.4, -0.2) is 55.0 Å². The van der Waals surface area contributed by atoms with Crippen molar-refractivity contribution in [3.8, 4) is 0 Å². The number of urea groups is 1. The Balaban J connectivity index is 2.52. The molecule has 2 unspecified atom stereocenters. The van der Waals surface area contributed by atoms with Crippen LogP contribution in [0.25, 0.3) is 0 Å². The molecule has 1 aliphatic rings. The van der Waals surface area contributed by atoms with Gasteiger partial charge in [0, 0.05) is 39.1 Å². The zero-order chi connectivity index (χ0) is 13.3. The van der Waals surface area contributed by atoms with E-state index in [0.717, 1.165) is 0 Å². The van der Waals surface area contributed by atoms with Crippen molar-refractivity contribution in [1.82, 2.24) is 10.2 Å². The van der Waals surface area contributed by atoms with Crippen LogP contribution < -0.4 is 5.32 Å². The van der Waals surface area contributed by atoms with E-state index < -0.39 is 5.60 Å². The zero-order valence-electron chi connectivity index (χ0n) is 11.4. The van der Waals surface area contributed by atoms with Gasteiger partial charge < -0.3 is 20.1 Å². The van der Waals surface area contributed by atoms with E-state index in [2.05, 4.69) is 5.32 Å². The molecule has 17 heavy (non-hydrogen) atoms. The highest BCUT2D eigenvalue weighted by molar-refractivity contribution is 5.73. The smallest absolute Gasteiger partial charge is 0.316 e. The molecular formula is C12H24N2O3. The molecule has 5 heteroatoms. The second-order valence-corrected chi connectivity index (χ2v) is 5.45. The first-order valence-corrected chi connectivity index (χ1v) is 6.03. The minimum Gasteiger partial charge on any atom is -0.387 e. The summed E-state index contributed by atoms with van der Waals surface area (Å²) in [7, 11) is 3.35. The normalized spacial score (nSPS) is 30.6. The number of carbonyl (C=O) groups is 1. The van der Waals surface area contributed by atoms with Gasteiger partial charge in [-0.25, -0.2) is 4.79 Å². The molecule has 0 radical (unpaired) electrons. The number of rotatable bonds is 4. The highest BCUT2D eigenvalue weighted by atomic mass is 16.5. The molecule has 2 N–H and O–H groups in total. The maximum Gasteiger partial charge on any atom is 0.316 e. The summed E-state index contributed by atoms with van der Waals surface area (Å²) in [6, 6.07) is -0.186. The molecule has 0 aromatic carbocycles. The van der Waals surface area contributed by atoms with Gasteiger partial charge in [0.15, 0.2) is 0 Å². The Bertz CT molecular complexity index is 291. The molecule has 2 atom stereocenters. The van der Waals surface area contributed by atoms with Crippen LogP contribution in [0.3, 0.4) is 0 Å². The van der Waals surface area contributed by atoms with E-state index in [1.165, 1.54) is 4.90 Å². The van der Waals surface area contributed by atoms with Crippen molar-refractivity contribution in [1.29, 1.82) is 0 Å². The summed E-state index contributed by atoms with van der Waals surface area (Å²) in [5.41, 5.74) is -1.21. The van der Waals surface area contributed by atoms with Gasteiger partial charge >= 0.3 is 6.03 Å². The zero-order valence-corrected chi connectivity index (χ0v) is 11.4. The minimum atomic E-state index is -0.876. The van der Waals surface area contributed by atoms with Gasteiger partial charge in [0.25, 0.3) is 0 Å². The topological polar surface area (TPSA) is 61.8 Å². The Hall–Kier alpha value is -0.810. The Kier molecular flexibility index (Phi) is 4.04. The van der Waals surface area contributed by atoms with E-state index in [1.807, 2.05) is 20.8 Å². The van der Waals surface area contributed by atoms with Crippen molar-refractivity contribution in [3.63, 3.8) is 0 Å². The predicted octanol–water partition coefficient (Wildman–Crippen LogP) is 0.824. The summed E-state index contributed by atoms with van der Waals surface area (Å²) in [6.07, 6.45) is 0.635. The molecule has 1 aliphatic carbocycles. The molecule has 0 bridgehead atoms. The van der Waals surface area contributed by atoms with E-state index in [4.69, 9.17) is 4.74 Å². The first-order chi connectivity index (χ1) is 7.74. The number of amides is 2. The molecule has 100 valence electrons. The number of hydrogen-bond acceptors (Lipinski definition) is 3. The molecule has 0 aromatic rings. The van der Waals surface area contributed by atoms with Crippen LogP contribution in [0.1, 0.15) is 27.2 Å². The van der Waals surface area contributed by atoms with Crippen molar-refractivity contribution in [2.45, 2.75) is 38.9 Å². The standard InChI is InChI=1S/C12H24N2O3/c1-6-17-9-7-12(16,11(9,2)3)8-13-10(15)14(4)5/h9,16H,6-8H2,1-5H3,(H,13,15). The maximum atomic E-state index is 11.4. The Labute approximate surface area is 103 Å². The van der Waals surface area contributed by atoms with Crippen LogP contribution in [-0.2, 0) is 4.74 Å². The molecule has 2 amide bonds. The summed E-state index contributed by atoms with van der Waals surface area (Å²) in [5.74, 6) is 0. The van der Waals surface area contributed by atoms with Crippen molar-refractivity contribution in [2.75, 3.05) is 27.2 Å².